The van der Waals surface area contributed by atoms with Gasteiger partial charge in [-0.25, -0.2) is 4.99 Å². The molecule has 2 fully saturated rings. The van der Waals surface area contributed by atoms with Gasteiger partial charge in [-0.3, -0.25) is 9.59 Å². The van der Waals surface area contributed by atoms with Crippen LogP contribution in [0.3, 0.4) is 0 Å². The molecule has 1 aromatic rings. The summed E-state index contributed by atoms with van der Waals surface area (Å²) in [5.74, 6) is -0.230. The lowest BCUT2D eigenvalue weighted by molar-refractivity contribution is -0.128. The van der Waals surface area contributed by atoms with Gasteiger partial charge in [-0.1, -0.05) is 29.4 Å². The maximum absolute atomic E-state index is 12.0. The lowest BCUT2D eigenvalue weighted by Gasteiger charge is -2.13. The third-order valence-corrected chi connectivity index (χ3v) is 4.87. The number of rotatable bonds is 1. The molecule has 19 heavy (non-hydrogen) atoms. The smallest absolute Gasteiger partial charge is 0.250 e. The number of carbonyl (C=O) groups excluding carboxylic acids is 2. The molecule has 3 rings (SSSR count). The lowest BCUT2D eigenvalue weighted by atomic mass is 10.1. The summed E-state index contributed by atoms with van der Waals surface area (Å²) in [7, 11) is 0. The summed E-state index contributed by atoms with van der Waals surface area (Å²) < 4.78 is -0.933. The molecule has 1 aliphatic carbocycles. The highest BCUT2D eigenvalue weighted by Crippen LogP contribution is 2.43. The maximum atomic E-state index is 12.0. The summed E-state index contributed by atoms with van der Waals surface area (Å²) in [6.07, 6.45) is 1.84. The Morgan fingerprint density at radius 2 is 2.21 bits per heavy atom. The largest absolute Gasteiger partial charge is 0.303 e. The fourth-order valence-electron chi connectivity index (χ4n) is 2.34. The summed E-state index contributed by atoms with van der Waals surface area (Å²) in [4.78, 5) is 28.3. The molecule has 98 valence electrons. The van der Waals surface area contributed by atoms with Crippen LogP contribution in [0.5, 0.6) is 0 Å². The van der Waals surface area contributed by atoms with E-state index in [1.165, 1.54) is 11.8 Å². The molecule has 0 aromatic heterocycles. The molecule has 1 unspecified atom stereocenters. The topological polar surface area (TPSA) is 58.5 Å². The first-order valence-corrected chi connectivity index (χ1v) is 7.18. The summed E-state index contributed by atoms with van der Waals surface area (Å²) >= 11 is 7.12. The van der Waals surface area contributed by atoms with Gasteiger partial charge < -0.3 is 5.32 Å². The van der Waals surface area contributed by atoms with Gasteiger partial charge in [-0.2, -0.15) is 0 Å². The molecule has 0 bridgehead atoms. The predicted octanol–water partition coefficient (Wildman–Crippen LogP) is 2.68. The van der Waals surface area contributed by atoms with Gasteiger partial charge in [0.2, 0.25) is 5.91 Å². The molecule has 1 spiro atoms. The standard InChI is InChI=1S/C13H11ClN2O2S/c14-8-3-1-4-9(7-8)15-12-16-11(18)13(19-12)6-2-5-10(13)17/h1,3-4,7H,2,5-6H2,(H,15,16,18). The van der Waals surface area contributed by atoms with Crippen molar-refractivity contribution in [3.05, 3.63) is 29.3 Å². The molecule has 1 saturated carbocycles. The molecule has 2 aliphatic rings. The number of hydrogen-bond donors (Lipinski definition) is 1. The van der Waals surface area contributed by atoms with Gasteiger partial charge >= 0.3 is 0 Å². The number of hydrogen-bond acceptors (Lipinski definition) is 4. The van der Waals surface area contributed by atoms with Gasteiger partial charge in [0.25, 0.3) is 0 Å². The van der Waals surface area contributed by atoms with Crippen molar-refractivity contribution in [1.82, 2.24) is 5.32 Å². The summed E-state index contributed by atoms with van der Waals surface area (Å²) in [5.41, 5.74) is 0.665. The van der Waals surface area contributed by atoms with Gasteiger partial charge in [-0.15, -0.1) is 0 Å². The van der Waals surface area contributed by atoms with Crippen molar-refractivity contribution in [2.75, 3.05) is 0 Å². The van der Waals surface area contributed by atoms with Gasteiger partial charge in [0.15, 0.2) is 15.7 Å². The van der Waals surface area contributed by atoms with Crippen LogP contribution in [0.15, 0.2) is 29.3 Å². The monoisotopic (exact) mass is 294 g/mol. The fraction of sp³-hybridized carbons (Fsp3) is 0.308. The third kappa shape index (κ3) is 2.17. The first-order chi connectivity index (χ1) is 9.10. The number of carbonyl (C=O) groups is 2. The molecular formula is C13H11ClN2O2S. The van der Waals surface area contributed by atoms with E-state index in [-0.39, 0.29) is 11.7 Å². The van der Waals surface area contributed by atoms with Crippen LogP contribution in [-0.2, 0) is 9.59 Å². The quantitative estimate of drug-likeness (QED) is 0.810. The van der Waals surface area contributed by atoms with Crippen molar-refractivity contribution in [3.8, 4) is 0 Å². The molecule has 1 N–H and O–H groups in total. The van der Waals surface area contributed by atoms with E-state index < -0.39 is 4.75 Å². The Morgan fingerprint density at radius 1 is 1.37 bits per heavy atom. The highest BCUT2D eigenvalue weighted by molar-refractivity contribution is 8.17. The van der Waals surface area contributed by atoms with E-state index in [0.717, 1.165) is 6.42 Å². The molecule has 1 saturated heterocycles. The highest BCUT2D eigenvalue weighted by Gasteiger charge is 2.54. The number of thioether (sulfide) groups is 1. The lowest BCUT2D eigenvalue weighted by Crippen LogP contribution is -2.39. The van der Waals surface area contributed by atoms with Crippen molar-refractivity contribution in [1.29, 1.82) is 0 Å². The van der Waals surface area contributed by atoms with E-state index in [9.17, 15) is 9.59 Å². The minimum Gasteiger partial charge on any atom is -0.303 e. The van der Waals surface area contributed by atoms with E-state index >= 15 is 0 Å². The number of amides is 1. The van der Waals surface area contributed by atoms with E-state index in [4.69, 9.17) is 11.6 Å². The minimum absolute atomic E-state index is 0.00583. The highest BCUT2D eigenvalue weighted by atomic mass is 35.5. The molecular weight excluding hydrogens is 284 g/mol. The van der Waals surface area contributed by atoms with Crippen molar-refractivity contribution in [3.63, 3.8) is 0 Å². The third-order valence-electron chi connectivity index (χ3n) is 3.28. The Morgan fingerprint density at radius 3 is 2.89 bits per heavy atom. The molecule has 6 heteroatoms. The van der Waals surface area contributed by atoms with E-state index in [1.807, 2.05) is 0 Å². The number of aliphatic imine (C=N–C) groups is 1. The number of nitrogens with one attached hydrogen (secondary N) is 1. The number of nitrogens with zero attached hydrogens (tertiary/aromatic N) is 1. The fourth-order valence-corrected chi connectivity index (χ4v) is 3.75. The summed E-state index contributed by atoms with van der Waals surface area (Å²) in [6.45, 7) is 0. The molecule has 1 heterocycles. The van der Waals surface area contributed by atoms with Gasteiger partial charge in [0.1, 0.15) is 0 Å². The van der Waals surface area contributed by atoms with Crippen LogP contribution in [-0.4, -0.2) is 21.6 Å². The average molecular weight is 295 g/mol. The van der Waals surface area contributed by atoms with Crippen molar-refractivity contribution >= 4 is 45.9 Å². The maximum Gasteiger partial charge on any atom is 0.250 e. The van der Waals surface area contributed by atoms with Crippen LogP contribution in [0.4, 0.5) is 5.69 Å². The van der Waals surface area contributed by atoms with Gasteiger partial charge in [0, 0.05) is 11.4 Å². The summed E-state index contributed by atoms with van der Waals surface area (Å²) in [5, 5.41) is 3.76. The van der Waals surface area contributed by atoms with Crippen molar-refractivity contribution in [2.24, 2.45) is 4.99 Å². The Balaban J connectivity index is 1.89. The molecule has 1 aromatic carbocycles. The van der Waals surface area contributed by atoms with Crippen LogP contribution in [0, 0.1) is 0 Å². The Hall–Kier alpha value is -1.33. The van der Waals surface area contributed by atoms with Crippen LogP contribution in [0.2, 0.25) is 5.02 Å². The zero-order chi connectivity index (χ0) is 13.5. The first kappa shape index (κ1) is 12.7. The molecule has 1 amide bonds. The van der Waals surface area contributed by atoms with Crippen molar-refractivity contribution in [2.45, 2.75) is 24.0 Å². The van der Waals surface area contributed by atoms with E-state index in [0.29, 0.717) is 28.7 Å². The van der Waals surface area contributed by atoms with Crippen LogP contribution in [0.1, 0.15) is 19.3 Å². The number of ketones is 1. The van der Waals surface area contributed by atoms with Gasteiger partial charge in [-0.05, 0) is 31.0 Å². The van der Waals surface area contributed by atoms with Crippen molar-refractivity contribution < 1.29 is 9.59 Å². The Kier molecular flexibility index (Phi) is 3.11. The SMILES string of the molecule is O=C1CCCC12SC(=Nc1cccc(Cl)c1)NC2=O. The first-order valence-electron chi connectivity index (χ1n) is 5.98. The zero-order valence-corrected chi connectivity index (χ0v) is 11.6. The second-order valence-corrected chi connectivity index (χ2v) is 6.28. The zero-order valence-electron chi connectivity index (χ0n) is 9.98. The van der Waals surface area contributed by atoms with Crippen LogP contribution >= 0.6 is 23.4 Å². The average Bonchev–Trinajstić information content (AvgIpc) is 2.86. The molecule has 1 atom stereocenters. The number of halogens is 1. The second kappa shape index (κ2) is 4.65. The van der Waals surface area contributed by atoms with Gasteiger partial charge in [0.05, 0.1) is 5.69 Å². The molecule has 0 radical (unpaired) electrons. The molecule has 4 nitrogen and oxygen atoms in total. The predicted molar refractivity (Wildman–Crippen MR) is 75.9 cm³/mol. The van der Waals surface area contributed by atoms with E-state index in [1.54, 1.807) is 24.3 Å². The second-order valence-electron chi connectivity index (χ2n) is 4.56. The normalized spacial score (nSPS) is 28.4. The number of Topliss-reactive ketones (excluding diaryl/α,β-unsaturated/α-hetero) is 1. The Bertz CT molecular complexity index is 602. The van der Waals surface area contributed by atoms with Crippen LogP contribution in [0.25, 0.3) is 0 Å². The van der Waals surface area contributed by atoms with Crippen LogP contribution < -0.4 is 5.32 Å². The molecule has 1 aliphatic heterocycles. The number of benzene rings is 1. The van der Waals surface area contributed by atoms with E-state index in [2.05, 4.69) is 10.3 Å². The minimum atomic E-state index is -0.933. The summed E-state index contributed by atoms with van der Waals surface area (Å²) in [6, 6.07) is 7.06. The Labute approximate surface area is 119 Å². The number of amidine groups is 1.